The van der Waals surface area contributed by atoms with E-state index in [-0.39, 0.29) is 11.9 Å². The first-order chi connectivity index (χ1) is 5.65. The number of amides is 1. The number of nitrogens with zero attached hydrogens (tertiary/aromatic N) is 1. The third-order valence-corrected chi connectivity index (χ3v) is 2.62. The van der Waals surface area contributed by atoms with E-state index >= 15 is 0 Å². The minimum Gasteiger partial charge on any atom is -0.344 e. The maximum absolute atomic E-state index is 11.6. The summed E-state index contributed by atoms with van der Waals surface area (Å²) in [6.45, 7) is 3.11. The molecular weight excluding hydrogens is 152 g/mol. The maximum atomic E-state index is 11.6. The number of rotatable bonds is 1. The molecule has 0 bridgehead atoms. The van der Waals surface area contributed by atoms with Crippen molar-refractivity contribution in [2.24, 2.45) is 5.92 Å². The fraction of sp³-hybridized carbons (Fsp3) is 0.889. The zero-order valence-corrected chi connectivity index (χ0v) is 8.13. The summed E-state index contributed by atoms with van der Waals surface area (Å²) in [5.41, 5.74) is 0. The van der Waals surface area contributed by atoms with Gasteiger partial charge in [0.15, 0.2) is 0 Å². The summed E-state index contributed by atoms with van der Waals surface area (Å²) in [4.78, 5) is 13.4. The van der Waals surface area contributed by atoms with Crippen LogP contribution in [0.2, 0.25) is 0 Å². The van der Waals surface area contributed by atoms with Gasteiger partial charge in [-0.2, -0.15) is 0 Å². The van der Waals surface area contributed by atoms with Crippen molar-refractivity contribution in [3.05, 3.63) is 0 Å². The normalized spacial score (nSPS) is 31.9. The molecule has 3 heteroatoms. The number of nitrogens with one attached hydrogen (secondary N) is 1. The first kappa shape index (κ1) is 9.52. The summed E-state index contributed by atoms with van der Waals surface area (Å²) >= 11 is 0. The number of likely N-dealkylation sites (tertiary alicyclic amines) is 1. The van der Waals surface area contributed by atoms with Crippen LogP contribution in [-0.2, 0) is 4.79 Å². The van der Waals surface area contributed by atoms with Gasteiger partial charge in [-0.25, -0.2) is 0 Å². The van der Waals surface area contributed by atoms with Crippen LogP contribution in [0.25, 0.3) is 0 Å². The fourth-order valence-corrected chi connectivity index (χ4v) is 1.65. The van der Waals surface area contributed by atoms with Gasteiger partial charge in [-0.1, -0.05) is 6.92 Å². The summed E-state index contributed by atoms with van der Waals surface area (Å²) in [5.74, 6) is 0.887. The molecule has 1 aliphatic heterocycles. The third kappa shape index (κ3) is 1.97. The highest BCUT2D eigenvalue weighted by atomic mass is 16.2. The van der Waals surface area contributed by atoms with Crippen LogP contribution in [-0.4, -0.2) is 37.5 Å². The van der Waals surface area contributed by atoms with Crippen molar-refractivity contribution in [3.8, 4) is 0 Å². The molecule has 0 saturated carbocycles. The van der Waals surface area contributed by atoms with Crippen molar-refractivity contribution >= 4 is 5.91 Å². The molecule has 3 nitrogen and oxygen atoms in total. The minimum absolute atomic E-state index is 0.0347. The Hall–Kier alpha value is -0.570. The van der Waals surface area contributed by atoms with E-state index < -0.39 is 0 Å². The first-order valence-corrected chi connectivity index (χ1v) is 4.57. The van der Waals surface area contributed by atoms with Crippen molar-refractivity contribution < 1.29 is 4.79 Å². The average molecular weight is 170 g/mol. The fourth-order valence-electron chi connectivity index (χ4n) is 1.65. The van der Waals surface area contributed by atoms with Crippen LogP contribution in [0.15, 0.2) is 0 Å². The Labute approximate surface area is 74.1 Å². The maximum Gasteiger partial charge on any atom is 0.239 e. The van der Waals surface area contributed by atoms with Gasteiger partial charge in [-0.3, -0.25) is 4.79 Å². The Morgan fingerprint density at radius 2 is 2.25 bits per heavy atom. The monoisotopic (exact) mass is 170 g/mol. The molecule has 70 valence electrons. The Morgan fingerprint density at radius 1 is 1.58 bits per heavy atom. The van der Waals surface area contributed by atoms with E-state index in [0.717, 1.165) is 19.4 Å². The van der Waals surface area contributed by atoms with E-state index in [1.807, 2.05) is 19.0 Å². The summed E-state index contributed by atoms with van der Waals surface area (Å²) in [5, 5.41) is 3.06. The molecule has 0 aromatic heterocycles. The molecule has 1 amide bonds. The molecule has 0 spiro atoms. The lowest BCUT2D eigenvalue weighted by atomic mass is 10.0. The Bertz CT molecular complexity index is 170. The van der Waals surface area contributed by atoms with Gasteiger partial charge in [0.1, 0.15) is 0 Å². The van der Waals surface area contributed by atoms with Gasteiger partial charge >= 0.3 is 0 Å². The number of likely N-dealkylation sites (N-methyl/N-ethyl adjacent to an activating group) is 2. The topological polar surface area (TPSA) is 32.3 Å². The van der Waals surface area contributed by atoms with E-state index in [4.69, 9.17) is 0 Å². The quantitative estimate of drug-likeness (QED) is 0.620. The van der Waals surface area contributed by atoms with Gasteiger partial charge in [0.2, 0.25) is 5.91 Å². The van der Waals surface area contributed by atoms with Crippen LogP contribution in [0.4, 0.5) is 0 Å². The smallest absolute Gasteiger partial charge is 0.239 e. The third-order valence-electron chi connectivity index (χ3n) is 2.62. The van der Waals surface area contributed by atoms with Gasteiger partial charge < -0.3 is 10.2 Å². The highest BCUT2D eigenvalue weighted by Gasteiger charge is 2.25. The van der Waals surface area contributed by atoms with E-state index in [0.29, 0.717) is 5.92 Å². The van der Waals surface area contributed by atoms with Crippen molar-refractivity contribution in [3.63, 3.8) is 0 Å². The second kappa shape index (κ2) is 3.90. The predicted molar refractivity (Wildman–Crippen MR) is 48.9 cm³/mol. The molecule has 1 rings (SSSR count). The first-order valence-electron chi connectivity index (χ1n) is 4.57. The lowest BCUT2D eigenvalue weighted by Gasteiger charge is -2.18. The molecule has 2 atom stereocenters. The van der Waals surface area contributed by atoms with Gasteiger partial charge in [0.25, 0.3) is 0 Å². The van der Waals surface area contributed by atoms with Crippen molar-refractivity contribution in [2.45, 2.75) is 25.8 Å². The second-order valence-corrected chi connectivity index (χ2v) is 3.73. The van der Waals surface area contributed by atoms with Gasteiger partial charge in [-0.15, -0.1) is 0 Å². The molecule has 1 aliphatic rings. The molecule has 12 heavy (non-hydrogen) atoms. The zero-order valence-electron chi connectivity index (χ0n) is 8.13. The van der Waals surface area contributed by atoms with Gasteiger partial charge in [0, 0.05) is 13.6 Å². The number of hydrogen-bond donors (Lipinski definition) is 1. The molecule has 0 aliphatic carbocycles. The number of carbonyl (C=O) groups is 1. The van der Waals surface area contributed by atoms with Crippen LogP contribution in [0.3, 0.4) is 0 Å². The van der Waals surface area contributed by atoms with Crippen LogP contribution in [0.5, 0.6) is 0 Å². The standard InChI is InChI=1S/C9H18N2O/c1-7-4-5-11(3)9(12)8(6-7)10-2/h7-8,10H,4-6H2,1-3H3. The average Bonchev–Trinajstić information content (AvgIpc) is 2.18. The van der Waals surface area contributed by atoms with E-state index in [9.17, 15) is 4.79 Å². The lowest BCUT2D eigenvalue weighted by Crippen LogP contribution is -2.42. The molecule has 1 fully saturated rings. The Morgan fingerprint density at radius 3 is 2.83 bits per heavy atom. The molecule has 1 saturated heterocycles. The molecule has 2 unspecified atom stereocenters. The van der Waals surface area contributed by atoms with Crippen LogP contribution < -0.4 is 5.32 Å². The molecule has 0 radical (unpaired) electrons. The largest absolute Gasteiger partial charge is 0.344 e. The zero-order chi connectivity index (χ0) is 9.14. The van der Waals surface area contributed by atoms with Crippen LogP contribution >= 0.6 is 0 Å². The second-order valence-electron chi connectivity index (χ2n) is 3.73. The summed E-state index contributed by atoms with van der Waals surface area (Å²) < 4.78 is 0. The summed E-state index contributed by atoms with van der Waals surface area (Å²) in [6.07, 6.45) is 2.10. The molecule has 1 heterocycles. The van der Waals surface area contributed by atoms with Gasteiger partial charge in [-0.05, 0) is 25.8 Å². The molecular formula is C9H18N2O. The van der Waals surface area contributed by atoms with E-state index in [1.165, 1.54) is 0 Å². The van der Waals surface area contributed by atoms with Crippen molar-refractivity contribution in [1.29, 1.82) is 0 Å². The van der Waals surface area contributed by atoms with Crippen molar-refractivity contribution in [2.75, 3.05) is 20.6 Å². The molecule has 0 aromatic carbocycles. The van der Waals surface area contributed by atoms with Crippen molar-refractivity contribution in [1.82, 2.24) is 10.2 Å². The molecule has 1 N–H and O–H groups in total. The minimum atomic E-state index is 0.0347. The predicted octanol–water partition coefficient (Wildman–Crippen LogP) is 0.463. The highest BCUT2D eigenvalue weighted by Crippen LogP contribution is 2.16. The van der Waals surface area contributed by atoms with E-state index in [2.05, 4.69) is 12.2 Å². The number of carbonyl (C=O) groups excluding carboxylic acids is 1. The Kier molecular flexibility index (Phi) is 3.09. The lowest BCUT2D eigenvalue weighted by molar-refractivity contribution is -0.131. The summed E-state index contributed by atoms with van der Waals surface area (Å²) in [7, 11) is 3.74. The SMILES string of the molecule is CNC1CC(C)CCN(C)C1=O. The summed E-state index contributed by atoms with van der Waals surface area (Å²) in [6, 6.07) is 0.0347. The van der Waals surface area contributed by atoms with Crippen LogP contribution in [0, 0.1) is 5.92 Å². The Balaban J connectivity index is 2.64. The van der Waals surface area contributed by atoms with Crippen LogP contribution in [0.1, 0.15) is 19.8 Å². The molecule has 0 aromatic rings. The number of hydrogen-bond acceptors (Lipinski definition) is 2. The highest BCUT2D eigenvalue weighted by molar-refractivity contribution is 5.81. The van der Waals surface area contributed by atoms with E-state index in [1.54, 1.807) is 0 Å². The van der Waals surface area contributed by atoms with Gasteiger partial charge in [0.05, 0.1) is 6.04 Å².